The van der Waals surface area contributed by atoms with Crippen molar-refractivity contribution in [3.8, 4) is 5.75 Å². The lowest BCUT2D eigenvalue weighted by Crippen LogP contribution is -2.48. The molecule has 2 aromatic rings. The minimum Gasteiger partial charge on any atom is -0.413 e. The number of aliphatic hydroxyl groups is 1. The van der Waals surface area contributed by atoms with Crippen LogP contribution in [0.25, 0.3) is 0 Å². The Morgan fingerprint density at radius 3 is 2.59 bits per heavy atom. The molecule has 0 amide bonds. The average molecular weight is 543 g/mol. The van der Waals surface area contributed by atoms with Crippen molar-refractivity contribution < 1.29 is 37.4 Å². The Kier molecular flexibility index (Phi) is 8.89. The number of aldehydes is 1. The number of hydrogen-bond acceptors (Lipinski definition) is 9. The van der Waals surface area contributed by atoms with Gasteiger partial charge in [0.2, 0.25) is 0 Å². The fourth-order valence-corrected chi connectivity index (χ4v) is 5.23. The van der Waals surface area contributed by atoms with Gasteiger partial charge in [0, 0.05) is 12.3 Å². The summed E-state index contributed by atoms with van der Waals surface area (Å²) in [5.41, 5.74) is -5.62. The minimum absolute atomic E-state index is 0.150. The van der Waals surface area contributed by atoms with Crippen molar-refractivity contribution in [2.75, 3.05) is 13.2 Å². The van der Waals surface area contributed by atoms with Crippen LogP contribution in [0.4, 0.5) is 4.39 Å². The number of para-hydroxylation sites is 1. The number of carbonyl (C=O) groups is 1. The Morgan fingerprint density at radius 2 is 2.00 bits per heavy atom. The maximum absolute atomic E-state index is 15.5. The van der Waals surface area contributed by atoms with Crippen LogP contribution in [-0.2, 0) is 23.4 Å². The highest BCUT2D eigenvalue weighted by Crippen LogP contribution is 2.48. The quantitative estimate of drug-likeness (QED) is 0.266. The Balaban J connectivity index is 1.84. The van der Waals surface area contributed by atoms with Crippen LogP contribution in [0.2, 0.25) is 0 Å². The first-order chi connectivity index (χ1) is 17.3. The Morgan fingerprint density at radius 1 is 1.32 bits per heavy atom. The van der Waals surface area contributed by atoms with Crippen LogP contribution in [0.15, 0.2) is 52.2 Å². The lowest BCUT2D eigenvalue weighted by molar-refractivity contribution is -0.115. The number of halogens is 1. The molecule has 37 heavy (non-hydrogen) atoms. The molecule has 0 bridgehead atoms. The molecule has 3 N–H and O–H groups in total. The van der Waals surface area contributed by atoms with Gasteiger partial charge in [-0.05, 0) is 39.8 Å². The number of H-pyrrole nitrogens is 1. The summed E-state index contributed by atoms with van der Waals surface area (Å²) in [5.74, 6) is 0.150. The molecule has 6 atom stereocenters. The molecule has 12 nitrogen and oxygen atoms in total. The third-order valence-electron chi connectivity index (χ3n) is 5.57. The zero-order valence-corrected chi connectivity index (χ0v) is 21.7. The van der Waals surface area contributed by atoms with Gasteiger partial charge in [-0.2, -0.15) is 5.09 Å². The van der Waals surface area contributed by atoms with Gasteiger partial charge in [-0.1, -0.05) is 18.2 Å². The number of alkyl halides is 1. The molecule has 2 heterocycles. The summed E-state index contributed by atoms with van der Waals surface area (Å²) in [4.78, 5) is 37.4. The molecule has 1 aromatic heterocycles. The SMILES string of the molecule is CC(C)OC[C@](C)(C=O)N[P@](=O)(OC[C@H]1O[C@@H](n2ccc(=O)[nH]c2=O)[C@](C)(F)[C@@H]1O)Oc1ccccc1. The van der Waals surface area contributed by atoms with E-state index in [1.807, 2.05) is 4.98 Å². The van der Waals surface area contributed by atoms with Crippen LogP contribution in [0.5, 0.6) is 5.75 Å². The minimum atomic E-state index is -4.36. The zero-order valence-electron chi connectivity index (χ0n) is 20.8. The third-order valence-corrected chi connectivity index (χ3v) is 7.29. The molecule has 1 aliphatic rings. The summed E-state index contributed by atoms with van der Waals surface area (Å²) in [6.45, 7) is 5.17. The molecule has 14 heteroatoms. The van der Waals surface area contributed by atoms with Gasteiger partial charge in [-0.15, -0.1) is 0 Å². The van der Waals surface area contributed by atoms with Crippen LogP contribution in [0.3, 0.4) is 0 Å². The molecule has 0 spiro atoms. The fourth-order valence-electron chi connectivity index (χ4n) is 3.58. The van der Waals surface area contributed by atoms with E-state index in [1.54, 1.807) is 32.0 Å². The van der Waals surface area contributed by atoms with Crippen molar-refractivity contribution in [2.24, 2.45) is 0 Å². The van der Waals surface area contributed by atoms with E-state index < -0.39 is 55.2 Å². The summed E-state index contributed by atoms with van der Waals surface area (Å²) in [6, 6.07) is 9.00. The molecule has 204 valence electrons. The highest BCUT2D eigenvalue weighted by molar-refractivity contribution is 7.52. The van der Waals surface area contributed by atoms with Crippen LogP contribution in [-0.4, -0.2) is 63.7 Å². The monoisotopic (exact) mass is 543 g/mol. The van der Waals surface area contributed by atoms with Crippen LogP contribution >= 0.6 is 7.75 Å². The Bertz CT molecular complexity index is 1240. The van der Waals surface area contributed by atoms with Gasteiger partial charge in [0.25, 0.3) is 5.56 Å². The van der Waals surface area contributed by atoms with Crippen LogP contribution in [0, 0.1) is 0 Å². The van der Waals surface area contributed by atoms with Crippen molar-refractivity contribution in [3.63, 3.8) is 0 Å². The maximum Gasteiger partial charge on any atom is 0.459 e. The Hall–Kier alpha value is -2.67. The van der Waals surface area contributed by atoms with Crippen LogP contribution < -0.4 is 20.9 Å². The predicted octanol–water partition coefficient (Wildman–Crippen LogP) is 1.70. The van der Waals surface area contributed by atoms with Gasteiger partial charge in [0.1, 0.15) is 29.8 Å². The topological polar surface area (TPSA) is 158 Å². The largest absolute Gasteiger partial charge is 0.459 e. The van der Waals surface area contributed by atoms with E-state index in [1.165, 1.54) is 19.1 Å². The van der Waals surface area contributed by atoms with Gasteiger partial charge in [0.15, 0.2) is 11.9 Å². The van der Waals surface area contributed by atoms with E-state index in [-0.39, 0.29) is 18.5 Å². The van der Waals surface area contributed by atoms with Crippen molar-refractivity contribution in [1.82, 2.24) is 14.6 Å². The van der Waals surface area contributed by atoms with Gasteiger partial charge in [0.05, 0.1) is 19.3 Å². The summed E-state index contributed by atoms with van der Waals surface area (Å²) in [5, 5.41) is 13.2. The first-order valence-corrected chi connectivity index (χ1v) is 13.0. The second-order valence-corrected chi connectivity index (χ2v) is 11.0. The smallest absolute Gasteiger partial charge is 0.413 e. The molecule has 0 saturated carbocycles. The number of nitrogens with zero attached hydrogens (tertiary/aromatic N) is 1. The summed E-state index contributed by atoms with van der Waals surface area (Å²) in [7, 11) is -4.36. The number of ether oxygens (including phenoxy) is 2. The van der Waals surface area contributed by atoms with Gasteiger partial charge in [-0.3, -0.25) is 18.9 Å². The number of aromatic amines is 1. The fraction of sp³-hybridized carbons (Fsp3) is 0.522. The number of rotatable bonds is 12. The number of nitrogens with one attached hydrogen (secondary N) is 2. The number of aromatic nitrogens is 2. The summed E-state index contributed by atoms with van der Waals surface area (Å²) >= 11 is 0. The average Bonchev–Trinajstić information content (AvgIpc) is 3.05. The number of aliphatic hydroxyl groups excluding tert-OH is 1. The second-order valence-electron chi connectivity index (χ2n) is 9.34. The first-order valence-electron chi connectivity index (χ1n) is 11.5. The highest BCUT2D eigenvalue weighted by atomic mass is 31.2. The lowest BCUT2D eigenvalue weighted by Gasteiger charge is -2.30. The van der Waals surface area contributed by atoms with Crippen molar-refractivity contribution in [2.45, 2.75) is 63.4 Å². The molecular formula is C23H31FN3O9P. The molecule has 3 rings (SSSR count). The molecule has 1 aromatic carbocycles. The molecule has 1 fully saturated rings. The molecule has 0 unspecified atom stereocenters. The van der Waals surface area contributed by atoms with Crippen molar-refractivity contribution in [3.05, 3.63) is 63.4 Å². The van der Waals surface area contributed by atoms with Gasteiger partial charge in [-0.25, -0.2) is 13.8 Å². The molecular weight excluding hydrogens is 512 g/mol. The van der Waals surface area contributed by atoms with E-state index in [2.05, 4.69) is 5.09 Å². The van der Waals surface area contributed by atoms with E-state index >= 15 is 4.39 Å². The number of benzene rings is 1. The van der Waals surface area contributed by atoms with E-state index in [4.69, 9.17) is 18.5 Å². The molecule has 0 radical (unpaired) electrons. The van der Waals surface area contributed by atoms with Gasteiger partial charge < -0.3 is 23.9 Å². The summed E-state index contributed by atoms with van der Waals surface area (Å²) in [6.07, 6.45) is -3.53. The van der Waals surface area contributed by atoms with Crippen molar-refractivity contribution >= 4 is 14.0 Å². The standard InChI is InChI=1S/C23H31FN3O9P/c1-15(2)33-14-22(3,13-28)26-37(32,36-16-8-6-5-7-9-16)34-12-17-19(30)23(4,24)20(35-17)27-11-10-18(29)25-21(27)31/h5-11,13,15,17,19-20,30H,12,14H2,1-4H3,(H,26,32)(H,25,29,31)/t17-,19-,20-,22+,23-,37+/m1/s1. The number of carbonyl (C=O) groups excluding carboxylic acids is 1. The predicted molar refractivity (Wildman–Crippen MR) is 130 cm³/mol. The van der Waals surface area contributed by atoms with Gasteiger partial charge >= 0.3 is 13.4 Å². The number of hydrogen-bond donors (Lipinski definition) is 3. The van der Waals surface area contributed by atoms with E-state index in [9.17, 15) is 24.1 Å². The molecule has 1 saturated heterocycles. The molecule has 0 aliphatic carbocycles. The maximum atomic E-state index is 15.5. The second kappa shape index (κ2) is 11.4. The molecule has 1 aliphatic heterocycles. The van der Waals surface area contributed by atoms with E-state index in [0.29, 0.717) is 6.29 Å². The van der Waals surface area contributed by atoms with Crippen LogP contribution in [0.1, 0.15) is 33.9 Å². The zero-order chi connectivity index (χ0) is 27.4. The Labute approximate surface area is 212 Å². The highest BCUT2D eigenvalue weighted by Gasteiger charge is 2.56. The first kappa shape index (κ1) is 28.9. The van der Waals surface area contributed by atoms with E-state index in [0.717, 1.165) is 23.8 Å². The van der Waals surface area contributed by atoms with Crippen molar-refractivity contribution in [1.29, 1.82) is 0 Å². The summed E-state index contributed by atoms with van der Waals surface area (Å²) < 4.78 is 52.2. The lowest BCUT2D eigenvalue weighted by atomic mass is 9.98. The third kappa shape index (κ3) is 7.01. The normalized spacial score (nSPS) is 26.9.